The molecule has 1 saturated heterocycles. The van der Waals surface area contributed by atoms with Crippen LogP contribution in [0.3, 0.4) is 0 Å². The number of benzene rings is 1. The molecule has 0 saturated carbocycles. The lowest BCUT2D eigenvalue weighted by Gasteiger charge is -2.41. The van der Waals surface area contributed by atoms with Crippen molar-refractivity contribution in [3.63, 3.8) is 0 Å². The molecule has 4 heteroatoms. The first-order valence-electron chi connectivity index (χ1n) is 7.82. The first-order chi connectivity index (χ1) is 10.1. The zero-order valence-corrected chi connectivity index (χ0v) is 14.1. The van der Waals surface area contributed by atoms with E-state index in [4.69, 9.17) is 0 Å². The molecular weight excluding hydrogens is 276 g/mol. The maximum absolute atomic E-state index is 12.8. The van der Waals surface area contributed by atoms with Gasteiger partial charge in [-0.15, -0.1) is 0 Å². The van der Waals surface area contributed by atoms with Crippen molar-refractivity contribution < 1.29 is 9.59 Å². The van der Waals surface area contributed by atoms with Crippen molar-refractivity contribution in [2.75, 3.05) is 0 Å². The third-order valence-electron chi connectivity index (χ3n) is 4.68. The summed E-state index contributed by atoms with van der Waals surface area (Å²) in [6, 6.07) is 7.91. The molecule has 0 aromatic heterocycles. The normalized spacial score (nSPS) is 21.1. The fourth-order valence-corrected chi connectivity index (χ4v) is 3.13. The SMILES string of the molecule is Cc1ccccc1C(C)(C)C(=O)NC1CCC(=O)NC1(C)C. The fraction of sp³-hybridized carbons (Fsp3) is 0.556. The van der Waals surface area contributed by atoms with E-state index in [0.717, 1.165) is 11.1 Å². The summed E-state index contributed by atoms with van der Waals surface area (Å²) >= 11 is 0. The molecule has 1 heterocycles. The number of carbonyl (C=O) groups excluding carboxylic acids is 2. The van der Waals surface area contributed by atoms with Crippen molar-refractivity contribution in [3.05, 3.63) is 35.4 Å². The first-order valence-corrected chi connectivity index (χ1v) is 7.82. The second-order valence-corrected chi connectivity index (χ2v) is 7.27. The zero-order valence-electron chi connectivity index (χ0n) is 14.1. The Morgan fingerprint density at radius 3 is 2.55 bits per heavy atom. The fourth-order valence-electron chi connectivity index (χ4n) is 3.13. The van der Waals surface area contributed by atoms with Gasteiger partial charge in [0.15, 0.2) is 0 Å². The summed E-state index contributed by atoms with van der Waals surface area (Å²) in [6.45, 7) is 9.82. The van der Waals surface area contributed by atoms with Crippen molar-refractivity contribution in [1.29, 1.82) is 0 Å². The van der Waals surface area contributed by atoms with Crippen LogP contribution in [-0.2, 0) is 15.0 Å². The molecule has 1 aliphatic rings. The maximum atomic E-state index is 12.8. The topological polar surface area (TPSA) is 58.2 Å². The van der Waals surface area contributed by atoms with Crippen LogP contribution in [-0.4, -0.2) is 23.4 Å². The first kappa shape index (κ1) is 16.5. The Morgan fingerprint density at radius 1 is 1.32 bits per heavy atom. The Morgan fingerprint density at radius 2 is 1.95 bits per heavy atom. The molecule has 1 aromatic rings. The second-order valence-electron chi connectivity index (χ2n) is 7.27. The molecule has 1 fully saturated rings. The summed E-state index contributed by atoms with van der Waals surface area (Å²) in [6.07, 6.45) is 1.13. The highest BCUT2D eigenvalue weighted by atomic mass is 16.2. The van der Waals surface area contributed by atoms with Gasteiger partial charge in [0.25, 0.3) is 0 Å². The number of hydrogen-bond acceptors (Lipinski definition) is 2. The zero-order chi connectivity index (χ0) is 16.5. The Balaban J connectivity index is 2.18. The van der Waals surface area contributed by atoms with Crippen molar-refractivity contribution in [2.24, 2.45) is 0 Å². The van der Waals surface area contributed by atoms with Gasteiger partial charge in [0, 0.05) is 6.42 Å². The van der Waals surface area contributed by atoms with E-state index in [-0.39, 0.29) is 17.9 Å². The minimum atomic E-state index is -0.608. The highest BCUT2D eigenvalue weighted by molar-refractivity contribution is 5.88. The van der Waals surface area contributed by atoms with E-state index >= 15 is 0 Å². The smallest absolute Gasteiger partial charge is 0.230 e. The van der Waals surface area contributed by atoms with E-state index in [1.807, 2.05) is 58.9 Å². The minimum Gasteiger partial charge on any atom is -0.350 e. The van der Waals surface area contributed by atoms with Gasteiger partial charge in [0.2, 0.25) is 11.8 Å². The summed E-state index contributed by atoms with van der Waals surface area (Å²) < 4.78 is 0. The summed E-state index contributed by atoms with van der Waals surface area (Å²) in [7, 11) is 0. The molecule has 1 aromatic carbocycles. The van der Waals surface area contributed by atoms with Crippen LogP contribution in [0.2, 0.25) is 0 Å². The quantitative estimate of drug-likeness (QED) is 0.901. The molecular formula is C18H26N2O2. The number of aryl methyl sites for hydroxylation is 1. The van der Waals surface area contributed by atoms with Gasteiger partial charge in [0.1, 0.15) is 0 Å². The molecule has 1 atom stereocenters. The number of piperidine rings is 1. The number of carbonyl (C=O) groups is 2. The van der Waals surface area contributed by atoms with Gasteiger partial charge < -0.3 is 10.6 Å². The lowest BCUT2D eigenvalue weighted by molar-refractivity contribution is -0.130. The van der Waals surface area contributed by atoms with Crippen molar-refractivity contribution in [2.45, 2.75) is 64.5 Å². The van der Waals surface area contributed by atoms with E-state index in [1.54, 1.807) is 0 Å². The molecule has 4 nitrogen and oxygen atoms in total. The van der Waals surface area contributed by atoms with Crippen LogP contribution in [0.4, 0.5) is 0 Å². The Kier molecular flexibility index (Phi) is 4.32. The lowest BCUT2D eigenvalue weighted by Crippen LogP contribution is -2.63. The number of rotatable bonds is 3. The third-order valence-corrected chi connectivity index (χ3v) is 4.68. The largest absolute Gasteiger partial charge is 0.350 e. The van der Waals surface area contributed by atoms with Crippen LogP contribution in [0.15, 0.2) is 24.3 Å². The number of amides is 2. The van der Waals surface area contributed by atoms with Gasteiger partial charge in [0.05, 0.1) is 17.0 Å². The minimum absolute atomic E-state index is 0.00368. The molecule has 0 bridgehead atoms. The van der Waals surface area contributed by atoms with Crippen molar-refractivity contribution in [3.8, 4) is 0 Å². The van der Waals surface area contributed by atoms with E-state index in [0.29, 0.717) is 12.8 Å². The molecule has 22 heavy (non-hydrogen) atoms. The Bertz CT molecular complexity index is 591. The maximum Gasteiger partial charge on any atom is 0.230 e. The van der Waals surface area contributed by atoms with Crippen LogP contribution < -0.4 is 10.6 Å². The summed E-state index contributed by atoms with van der Waals surface area (Å²) in [5.41, 5.74) is 1.11. The molecule has 0 radical (unpaired) electrons. The summed E-state index contributed by atoms with van der Waals surface area (Å²) in [5, 5.41) is 6.10. The van der Waals surface area contributed by atoms with E-state index in [9.17, 15) is 9.59 Å². The van der Waals surface area contributed by atoms with Gasteiger partial charge in [-0.25, -0.2) is 0 Å². The molecule has 0 aliphatic carbocycles. The molecule has 0 spiro atoms. The van der Waals surface area contributed by atoms with E-state index in [2.05, 4.69) is 10.6 Å². The van der Waals surface area contributed by atoms with Crippen LogP contribution in [0, 0.1) is 6.92 Å². The highest BCUT2D eigenvalue weighted by Gasteiger charge is 2.39. The van der Waals surface area contributed by atoms with Crippen LogP contribution in [0.25, 0.3) is 0 Å². The van der Waals surface area contributed by atoms with Crippen molar-refractivity contribution in [1.82, 2.24) is 10.6 Å². The highest BCUT2D eigenvalue weighted by Crippen LogP contribution is 2.28. The average molecular weight is 302 g/mol. The summed E-state index contributed by atoms with van der Waals surface area (Å²) in [4.78, 5) is 24.4. The van der Waals surface area contributed by atoms with Gasteiger partial charge in [-0.2, -0.15) is 0 Å². The molecule has 2 N–H and O–H groups in total. The summed E-state index contributed by atoms with van der Waals surface area (Å²) in [5.74, 6) is 0.0460. The number of nitrogens with one attached hydrogen (secondary N) is 2. The van der Waals surface area contributed by atoms with Gasteiger partial charge in [-0.05, 0) is 52.2 Å². The van der Waals surface area contributed by atoms with Crippen LogP contribution in [0.5, 0.6) is 0 Å². The van der Waals surface area contributed by atoms with Crippen molar-refractivity contribution >= 4 is 11.8 Å². The molecule has 1 aliphatic heterocycles. The Labute approximate surface area is 132 Å². The van der Waals surface area contributed by atoms with Crippen LogP contribution in [0.1, 0.15) is 51.7 Å². The standard InChI is InChI=1S/C18H26N2O2/c1-12-8-6-7-9-13(12)17(2,3)16(22)19-14-10-11-15(21)20-18(14,4)5/h6-9,14H,10-11H2,1-5H3,(H,19,22)(H,20,21). The predicted octanol–water partition coefficient (Wildman–Crippen LogP) is 2.45. The molecule has 120 valence electrons. The van der Waals surface area contributed by atoms with Gasteiger partial charge >= 0.3 is 0 Å². The lowest BCUT2D eigenvalue weighted by atomic mass is 9.79. The number of hydrogen-bond donors (Lipinski definition) is 2. The van der Waals surface area contributed by atoms with Crippen LogP contribution >= 0.6 is 0 Å². The average Bonchev–Trinajstić information content (AvgIpc) is 2.41. The van der Waals surface area contributed by atoms with Gasteiger partial charge in [-0.1, -0.05) is 24.3 Å². The predicted molar refractivity (Wildman–Crippen MR) is 87.6 cm³/mol. The van der Waals surface area contributed by atoms with E-state index < -0.39 is 11.0 Å². The second kappa shape index (κ2) is 5.75. The monoisotopic (exact) mass is 302 g/mol. The molecule has 2 amide bonds. The third kappa shape index (κ3) is 3.16. The van der Waals surface area contributed by atoms with E-state index in [1.165, 1.54) is 0 Å². The molecule has 2 rings (SSSR count). The Hall–Kier alpha value is -1.84. The van der Waals surface area contributed by atoms with Gasteiger partial charge in [-0.3, -0.25) is 9.59 Å². The molecule has 1 unspecified atom stereocenters.